The fourth-order valence-corrected chi connectivity index (χ4v) is 2.43. The van der Waals surface area contributed by atoms with Crippen molar-refractivity contribution in [2.24, 2.45) is 0 Å². The van der Waals surface area contributed by atoms with E-state index in [1.807, 2.05) is 18.2 Å². The first-order valence-electron chi connectivity index (χ1n) is 7.00. The predicted molar refractivity (Wildman–Crippen MR) is 79.4 cm³/mol. The van der Waals surface area contributed by atoms with Gasteiger partial charge in [-0.2, -0.15) is 8.42 Å². The van der Waals surface area contributed by atoms with Gasteiger partial charge in [0.15, 0.2) is 0 Å². The van der Waals surface area contributed by atoms with Gasteiger partial charge in [0.1, 0.15) is 0 Å². The summed E-state index contributed by atoms with van der Waals surface area (Å²) in [4.78, 5) is 22.1. The van der Waals surface area contributed by atoms with E-state index >= 15 is 0 Å². The Morgan fingerprint density at radius 1 is 0.905 bits per heavy atom. The average Bonchev–Trinajstić information content (AvgIpc) is 2.45. The molecule has 0 aliphatic heterocycles. The van der Waals surface area contributed by atoms with Crippen molar-refractivity contribution >= 4 is 21.0 Å². The largest absolute Gasteiger partial charge is 0.338 e. The van der Waals surface area contributed by atoms with Crippen LogP contribution in [-0.2, 0) is 26.1 Å². The molecule has 0 fully saturated rings. The van der Waals surface area contributed by atoms with Crippen LogP contribution in [0.2, 0.25) is 0 Å². The van der Waals surface area contributed by atoms with Crippen LogP contribution in [0.1, 0.15) is 44.1 Å². The second-order valence-corrected chi connectivity index (χ2v) is 6.26. The van der Waals surface area contributed by atoms with Gasteiger partial charge < -0.3 is 0 Å². The van der Waals surface area contributed by atoms with E-state index in [1.54, 1.807) is 0 Å². The van der Waals surface area contributed by atoms with E-state index in [9.17, 15) is 18.0 Å². The molecule has 1 aromatic rings. The first-order valence-corrected chi connectivity index (χ1v) is 8.44. The molecular weight excluding hydrogens is 292 g/mol. The second kappa shape index (κ2) is 8.69. The normalized spacial score (nSPS) is 11.3. The van der Waals surface area contributed by atoms with Gasteiger partial charge in [0, 0.05) is 6.42 Å². The summed E-state index contributed by atoms with van der Waals surface area (Å²) in [6.45, 7) is 0. The number of carbonyl (C=O) groups excluding carboxylic acids is 2. The SMILES string of the molecule is O=C(CCCCCCCc1ccccc1)C(=O)S(=O)(=O)O. The molecule has 1 N–H and O–H groups in total. The maximum Gasteiger partial charge on any atom is 0.338 e. The summed E-state index contributed by atoms with van der Waals surface area (Å²) in [6, 6.07) is 10.2. The van der Waals surface area contributed by atoms with Crippen LogP contribution in [0.5, 0.6) is 0 Å². The van der Waals surface area contributed by atoms with Crippen LogP contribution >= 0.6 is 0 Å². The lowest BCUT2D eigenvalue weighted by Gasteiger charge is -2.02. The summed E-state index contributed by atoms with van der Waals surface area (Å²) >= 11 is 0. The fraction of sp³-hybridized carbons (Fsp3) is 0.467. The molecule has 0 radical (unpaired) electrons. The highest BCUT2D eigenvalue weighted by Gasteiger charge is 2.26. The van der Waals surface area contributed by atoms with Gasteiger partial charge in [-0.3, -0.25) is 14.1 Å². The summed E-state index contributed by atoms with van der Waals surface area (Å²) in [5, 5.41) is -1.70. The molecule has 1 rings (SSSR count). The third kappa shape index (κ3) is 7.15. The Kier molecular flexibility index (Phi) is 7.25. The molecule has 0 aliphatic carbocycles. The summed E-state index contributed by atoms with van der Waals surface area (Å²) in [6.07, 6.45) is 5.13. The third-order valence-electron chi connectivity index (χ3n) is 3.17. The summed E-state index contributed by atoms with van der Waals surface area (Å²) in [7, 11) is -4.87. The molecule has 21 heavy (non-hydrogen) atoms. The maximum absolute atomic E-state index is 11.2. The van der Waals surface area contributed by atoms with Crippen molar-refractivity contribution < 1.29 is 22.6 Å². The predicted octanol–water partition coefficient (Wildman–Crippen LogP) is 2.55. The number of benzene rings is 1. The number of ketones is 1. The fourth-order valence-electron chi connectivity index (χ4n) is 2.04. The third-order valence-corrected chi connectivity index (χ3v) is 3.87. The molecule has 0 heterocycles. The van der Waals surface area contributed by atoms with Crippen molar-refractivity contribution in [2.45, 2.75) is 44.9 Å². The highest BCUT2D eigenvalue weighted by Crippen LogP contribution is 2.10. The average molecular weight is 312 g/mol. The molecule has 0 saturated heterocycles. The molecule has 0 aliphatic rings. The standard InChI is InChI=1S/C15H20O5S/c16-14(15(17)21(18,19)20)12-8-3-1-2-5-9-13-10-6-4-7-11-13/h4,6-7,10-11H,1-3,5,8-9,12H2,(H,18,19,20). The topological polar surface area (TPSA) is 88.5 Å². The van der Waals surface area contributed by atoms with Crippen LogP contribution in [0.3, 0.4) is 0 Å². The van der Waals surface area contributed by atoms with E-state index < -0.39 is 21.0 Å². The molecular formula is C15H20O5S. The van der Waals surface area contributed by atoms with Crippen molar-refractivity contribution in [3.63, 3.8) is 0 Å². The number of hydrogen-bond donors (Lipinski definition) is 1. The molecule has 0 aromatic heterocycles. The monoisotopic (exact) mass is 312 g/mol. The summed E-state index contributed by atoms with van der Waals surface area (Å²) < 4.78 is 29.4. The van der Waals surface area contributed by atoms with Crippen molar-refractivity contribution in [3.8, 4) is 0 Å². The Morgan fingerprint density at radius 2 is 1.48 bits per heavy atom. The first-order chi connectivity index (χ1) is 9.91. The van der Waals surface area contributed by atoms with Crippen LogP contribution in [0.25, 0.3) is 0 Å². The van der Waals surface area contributed by atoms with Crippen LogP contribution in [0.15, 0.2) is 30.3 Å². The molecule has 5 nitrogen and oxygen atoms in total. The lowest BCUT2D eigenvalue weighted by molar-refractivity contribution is -0.132. The van der Waals surface area contributed by atoms with E-state index in [1.165, 1.54) is 5.56 Å². The number of unbranched alkanes of at least 4 members (excludes halogenated alkanes) is 4. The van der Waals surface area contributed by atoms with Crippen molar-refractivity contribution in [3.05, 3.63) is 35.9 Å². The molecule has 0 bridgehead atoms. The van der Waals surface area contributed by atoms with E-state index in [0.717, 1.165) is 32.1 Å². The van der Waals surface area contributed by atoms with Crippen LogP contribution in [0, 0.1) is 0 Å². The molecule has 116 valence electrons. The molecule has 0 saturated carbocycles. The highest BCUT2D eigenvalue weighted by atomic mass is 32.2. The molecule has 0 atom stereocenters. The van der Waals surface area contributed by atoms with Gasteiger partial charge in [0.25, 0.3) is 0 Å². The van der Waals surface area contributed by atoms with Crippen molar-refractivity contribution in [1.82, 2.24) is 0 Å². The quantitative estimate of drug-likeness (QED) is 0.430. The van der Waals surface area contributed by atoms with E-state index in [2.05, 4.69) is 12.1 Å². The van der Waals surface area contributed by atoms with Crippen LogP contribution in [0.4, 0.5) is 0 Å². The Hall–Kier alpha value is -1.53. The highest BCUT2D eigenvalue weighted by molar-refractivity contribution is 8.03. The maximum atomic E-state index is 11.2. The van der Waals surface area contributed by atoms with Crippen LogP contribution in [-0.4, -0.2) is 23.9 Å². The minimum absolute atomic E-state index is 0.128. The Bertz CT molecular complexity index is 563. The molecule has 0 amide bonds. The zero-order chi connectivity index (χ0) is 15.7. The second-order valence-electron chi connectivity index (χ2n) is 4.94. The zero-order valence-electron chi connectivity index (χ0n) is 11.8. The van der Waals surface area contributed by atoms with Gasteiger partial charge in [-0.15, -0.1) is 0 Å². The number of rotatable bonds is 9. The van der Waals surface area contributed by atoms with Gasteiger partial charge in [0.2, 0.25) is 5.78 Å². The lowest BCUT2D eigenvalue weighted by atomic mass is 10.0. The minimum Gasteiger partial charge on any atom is -0.290 e. The Morgan fingerprint density at radius 3 is 2.10 bits per heavy atom. The smallest absolute Gasteiger partial charge is 0.290 e. The van der Waals surface area contributed by atoms with Crippen LogP contribution < -0.4 is 0 Å². The number of carbonyl (C=O) groups is 2. The molecule has 0 spiro atoms. The lowest BCUT2D eigenvalue weighted by Crippen LogP contribution is -2.23. The Labute approximate surface area is 125 Å². The number of Topliss-reactive ketones (excluding diaryl/α,β-unsaturated/α-hetero) is 1. The molecule has 6 heteroatoms. The van der Waals surface area contributed by atoms with E-state index in [4.69, 9.17) is 4.55 Å². The van der Waals surface area contributed by atoms with Crippen molar-refractivity contribution in [1.29, 1.82) is 0 Å². The molecule has 0 unspecified atom stereocenters. The van der Waals surface area contributed by atoms with Gasteiger partial charge in [-0.25, -0.2) is 0 Å². The Balaban J connectivity index is 2.07. The van der Waals surface area contributed by atoms with Gasteiger partial charge >= 0.3 is 15.2 Å². The minimum atomic E-state index is -4.87. The summed E-state index contributed by atoms with van der Waals surface area (Å²) in [5.74, 6) is -1.04. The molecule has 1 aromatic carbocycles. The first kappa shape index (κ1) is 17.5. The van der Waals surface area contributed by atoms with Gasteiger partial charge in [0.05, 0.1) is 0 Å². The summed E-state index contributed by atoms with van der Waals surface area (Å²) in [5.41, 5.74) is 1.30. The number of hydrogen-bond acceptors (Lipinski definition) is 4. The number of aryl methyl sites for hydroxylation is 1. The van der Waals surface area contributed by atoms with Gasteiger partial charge in [-0.1, -0.05) is 49.6 Å². The van der Waals surface area contributed by atoms with E-state index in [0.29, 0.717) is 6.42 Å². The zero-order valence-corrected chi connectivity index (χ0v) is 12.6. The van der Waals surface area contributed by atoms with E-state index in [-0.39, 0.29) is 6.42 Å². The van der Waals surface area contributed by atoms with Gasteiger partial charge in [-0.05, 0) is 24.8 Å². The van der Waals surface area contributed by atoms with Crippen molar-refractivity contribution in [2.75, 3.05) is 0 Å².